The fraction of sp³-hybridized carbons (Fsp3) is 0.389. The van der Waals surface area contributed by atoms with Gasteiger partial charge in [-0.3, -0.25) is 4.98 Å². The number of ether oxygens (including phenoxy) is 1. The topological polar surface area (TPSA) is 45.6 Å². The molecule has 128 valence electrons. The summed E-state index contributed by atoms with van der Waals surface area (Å²) < 4.78 is 8.03. The summed E-state index contributed by atoms with van der Waals surface area (Å²) in [6, 6.07) is 7.77. The van der Waals surface area contributed by atoms with Crippen molar-refractivity contribution in [2.45, 2.75) is 22.5 Å². The number of aliphatic hydroxyl groups excluding tert-OH is 1. The Morgan fingerprint density at radius 2 is 2.25 bits per heavy atom. The van der Waals surface area contributed by atoms with Crippen LogP contribution in [0.1, 0.15) is 18.1 Å². The van der Waals surface area contributed by atoms with Gasteiger partial charge in [-0.2, -0.15) is 0 Å². The molecule has 1 aliphatic rings. The highest BCUT2D eigenvalue weighted by Crippen LogP contribution is 2.38. The number of hydrogen-bond acceptors (Lipinski definition) is 4. The van der Waals surface area contributed by atoms with Gasteiger partial charge in [-0.15, -0.1) is 6.58 Å². The Bertz CT molecular complexity index is 740. The van der Waals surface area contributed by atoms with Crippen molar-refractivity contribution < 1.29 is 9.84 Å². The second-order valence-corrected chi connectivity index (χ2v) is 8.87. The lowest BCUT2D eigenvalue weighted by Crippen LogP contribution is -2.44. The van der Waals surface area contributed by atoms with E-state index in [1.165, 1.54) is 0 Å². The largest absolute Gasteiger partial charge is 0.497 e. The first kappa shape index (κ1) is 18.3. The molecule has 3 rings (SSSR count). The highest BCUT2D eigenvalue weighted by atomic mass is 127. The monoisotopic (exact) mass is 550 g/mol. The average molecular weight is 550 g/mol. The number of alkyl halides is 1. The number of benzene rings is 1. The average Bonchev–Trinajstić information content (AvgIpc) is 2.61. The first-order valence-corrected chi connectivity index (χ1v) is 10.1. The minimum Gasteiger partial charge on any atom is -0.497 e. The Morgan fingerprint density at radius 1 is 1.46 bits per heavy atom. The van der Waals surface area contributed by atoms with Gasteiger partial charge in [0, 0.05) is 50.8 Å². The van der Waals surface area contributed by atoms with Crippen LogP contribution in [0.15, 0.2) is 43.1 Å². The Kier molecular flexibility index (Phi) is 5.99. The SMILES string of the molecule is C=C[C@H]1CN(I)[C@@H]([C@@H](O)c2ccnc3ccc(OC)cc23)C[C@@H]1I. The maximum atomic E-state index is 11.1. The highest BCUT2D eigenvalue weighted by Gasteiger charge is 2.36. The summed E-state index contributed by atoms with van der Waals surface area (Å²) in [7, 11) is 1.65. The molecule has 0 unspecified atom stereocenters. The molecule has 2 heterocycles. The van der Waals surface area contributed by atoms with Gasteiger partial charge in [-0.1, -0.05) is 28.7 Å². The molecular weight excluding hydrogens is 530 g/mol. The van der Waals surface area contributed by atoms with E-state index in [2.05, 4.69) is 60.1 Å². The van der Waals surface area contributed by atoms with Crippen LogP contribution >= 0.6 is 45.5 Å². The summed E-state index contributed by atoms with van der Waals surface area (Å²) in [5, 5.41) is 12.1. The smallest absolute Gasteiger partial charge is 0.119 e. The highest BCUT2D eigenvalue weighted by molar-refractivity contribution is 14.1. The molecule has 1 fully saturated rings. The number of piperidine rings is 1. The van der Waals surface area contributed by atoms with E-state index in [0.29, 0.717) is 9.84 Å². The summed E-state index contributed by atoms with van der Waals surface area (Å²) in [5.74, 6) is 1.23. The standard InChI is InChI=1S/C18H20I2N2O2/c1-3-11-10-22(20)17(9-15(11)19)18(23)13-6-7-21-16-5-4-12(24-2)8-14(13)16/h3-8,11,15,17-18,23H,1,9-10H2,2H3/t11-,15-,17+,18-/m0/s1. The van der Waals surface area contributed by atoms with E-state index in [0.717, 1.165) is 35.2 Å². The predicted molar refractivity (Wildman–Crippen MR) is 114 cm³/mol. The fourth-order valence-electron chi connectivity index (χ4n) is 3.21. The van der Waals surface area contributed by atoms with Crippen molar-refractivity contribution in [2.75, 3.05) is 13.7 Å². The lowest BCUT2D eigenvalue weighted by Gasteiger charge is -2.40. The molecular formula is C18H20I2N2O2. The molecule has 4 atom stereocenters. The van der Waals surface area contributed by atoms with Gasteiger partial charge in [0.15, 0.2) is 0 Å². The lowest BCUT2D eigenvalue weighted by molar-refractivity contribution is 0.0789. The number of pyridine rings is 1. The quantitative estimate of drug-likeness (QED) is 0.267. The van der Waals surface area contributed by atoms with Crippen molar-refractivity contribution in [3.63, 3.8) is 0 Å². The van der Waals surface area contributed by atoms with Crippen LogP contribution in [0.25, 0.3) is 10.9 Å². The van der Waals surface area contributed by atoms with Crippen LogP contribution in [0.4, 0.5) is 0 Å². The van der Waals surface area contributed by atoms with Gasteiger partial charge in [-0.25, -0.2) is 3.11 Å². The van der Waals surface area contributed by atoms with E-state index in [9.17, 15) is 5.11 Å². The summed E-state index contributed by atoms with van der Waals surface area (Å²) in [5.41, 5.74) is 1.78. The molecule has 0 spiro atoms. The second-order valence-electron chi connectivity index (χ2n) is 6.03. The van der Waals surface area contributed by atoms with Gasteiger partial charge in [0.05, 0.1) is 24.8 Å². The molecule has 24 heavy (non-hydrogen) atoms. The minimum absolute atomic E-state index is 0.0699. The molecule has 0 bridgehead atoms. The number of rotatable bonds is 4. The maximum Gasteiger partial charge on any atom is 0.119 e. The zero-order chi connectivity index (χ0) is 17.3. The van der Waals surface area contributed by atoms with Crippen LogP contribution in [0.5, 0.6) is 5.75 Å². The molecule has 0 aliphatic carbocycles. The Morgan fingerprint density at radius 3 is 2.96 bits per heavy atom. The molecule has 6 heteroatoms. The number of aliphatic hydroxyl groups is 1. The number of hydrogen-bond donors (Lipinski definition) is 1. The van der Waals surface area contributed by atoms with Gasteiger partial charge < -0.3 is 9.84 Å². The van der Waals surface area contributed by atoms with Crippen LogP contribution in [-0.2, 0) is 0 Å². The molecule has 0 radical (unpaired) electrons. The zero-order valence-electron chi connectivity index (χ0n) is 13.4. The first-order chi connectivity index (χ1) is 11.5. The van der Waals surface area contributed by atoms with Crippen LogP contribution in [0.3, 0.4) is 0 Å². The fourth-order valence-corrected chi connectivity index (χ4v) is 5.24. The molecule has 0 amide bonds. The Balaban J connectivity index is 1.96. The third kappa shape index (κ3) is 3.56. The van der Waals surface area contributed by atoms with Crippen molar-refractivity contribution in [1.82, 2.24) is 8.10 Å². The maximum absolute atomic E-state index is 11.1. The Hall–Kier alpha value is -0.450. The normalized spacial score (nSPS) is 26.2. The van der Waals surface area contributed by atoms with E-state index >= 15 is 0 Å². The number of aromatic nitrogens is 1. The number of nitrogens with zero attached hydrogens (tertiary/aromatic N) is 2. The number of fused-ring (bicyclic) bond motifs is 1. The van der Waals surface area contributed by atoms with Crippen LogP contribution in [-0.4, -0.2) is 36.8 Å². The molecule has 4 nitrogen and oxygen atoms in total. The molecule has 2 aromatic rings. The van der Waals surface area contributed by atoms with E-state index in [1.54, 1.807) is 13.3 Å². The third-order valence-corrected chi connectivity index (χ3v) is 7.19. The lowest BCUT2D eigenvalue weighted by atomic mass is 9.88. The van der Waals surface area contributed by atoms with Crippen molar-refractivity contribution in [3.05, 3.63) is 48.7 Å². The molecule has 1 aromatic heterocycles. The second kappa shape index (κ2) is 7.84. The van der Waals surface area contributed by atoms with Crippen LogP contribution in [0, 0.1) is 5.92 Å². The van der Waals surface area contributed by atoms with Crippen LogP contribution < -0.4 is 4.74 Å². The van der Waals surface area contributed by atoms with E-state index in [-0.39, 0.29) is 6.04 Å². The predicted octanol–water partition coefficient (Wildman–Crippen LogP) is 4.31. The van der Waals surface area contributed by atoms with Crippen LogP contribution in [0.2, 0.25) is 0 Å². The number of methoxy groups -OCH3 is 1. The third-order valence-electron chi connectivity index (χ3n) is 4.64. The van der Waals surface area contributed by atoms with Gasteiger partial charge >= 0.3 is 0 Å². The van der Waals surface area contributed by atoms with Crippen molar-refractivity contribution >= 4 is 56.4 Å². The van der Waals surface area contributed by atoms with Crippen molar-refractivity contribution in [2.24, 2.45) is 5.92 Å². The summed E-state index contributed by atoms with van der Waals surface area (Å²) in [6.45, 7) is 4.85. The molecule has 1 saturated heterocycles. The first-order valence-electron chi connectivity index (χ1n) is 7.85. The summed E-state index contributed by atoms with van der Waals surface area (Å²) in [6.07, 6.45) is 4.15. The van der Waals surface area contributed by atoms with E-state index in [4.69, 9.17) is 4.74 Å². The van der Waals surface area contributed by atoms with Gasteiger partial charge in [0.2, 0.25) is 0 Å². The molecule has 1 aromatic carbocycles. The van der Waals surface area contributed by atoms with Gasteiger partial charge in [-0.05, 0) is 36.2 Å². The van der Waals surface area contributed by atoms with E-state index < -0.39 is 6.10 Å². The molecule has 1 N–H and O–H groups in total. The zero-order valence-corrected chi connectivity index (χ0v) is 17.7. The Labute approximate surface area is 169 Å². The van der Waals surface area contributed by atoms with Crippen molar-refractivity contribution in [1.29, 1.82) is 0 Å². The molecule has 0 saturated carbocycles. The minimum atomic E-state index is -0.567. The number of halogens is 2. The molecule has 1 aliphatic heterocycles. The summed E-state index contributed by atoms with van der Waals surface area (Å²) in [4.78, 5) is 4.41. The van der Waals surface area contributed by atoms with Gasteiger partial charge in [0.25, 0.3) is 0 Å². The van der Waals surface area contributed by atoms with Gasteiger partial charge in [0.1, 0.15) is 5.75 Å². The summed E-state index contributed by atoms with van der Waals surface area (Å²) >= 11 is 4.81. The van der Waals surface area contributed by atoms with E-state index in [1.807, 2.05) is 30.3 Å². The van der Waals surface area contributed by atoms with Crippen molar-refractivity contribution in [3.8, 4) is 5.75 Å².